The third-order valence-electron chi connectivity index (χ3n) is 5.04. The summed E-state index contributed by atoms with van der Waals surface area (Å²) in [5.74, 6) is 2.16. The van der Waals surface area contributed by atoms with Gasteiger partial charge in [-0.25, -0.2) is 4.98 Å². The monoisotopic (exact) mass is 439 g/mol. The van der Waals surface area contributed by atoms with Gasteiger partial charge in [-0.1, -0.05) is 18.2 Å². The van der Waals surface area contributed by atoms with Gasteiger partial charge in [0.15, 0.2) is 11.5 Å². The first-order valence-corrected chi connectivity index (χ1v) is 10.2. The van der Waals surface area contributed by atoms with Crippen LogP contribution in [0.2, 0.25) is 0 Å². The highest BCUT2D eigenvalue weighted by atomic mass is 16.5. The van der Waals surface area contributed by atoms with Crippen molar-refractivity contribution in [3.63, 3.8) is 0 Å². The van der Waals surface area contributed by atoms with E-state index in [1.54, 1.807) is 62.8 Å². The highest BCUT2D eigenvalue weighted by molar-refractivity contribution is 5.95. The maximum Gasteiger partial charge on any atom is 0.270 e. The first kappa shape index (κ1) is 21.7. The molecular weight excluding hydrogens is 418 g/mol. The molecule has 4 rings (SSSR count). The van der Waals surface area contributed by atoms with Crippen LogP contribution in [0.5, 0.6) is 23.0 Å². The zero-order valence-electron chi connectivity index (χ0n) is 18.2. The Labute approximate surface area is 191 Å². The van der Waals surface area contributed by atoms with Gasteiger partial charge in [-0.05, 0) is 54.6 Å². The number of carbonyl (C=O) groups is 1. The van der Waals surface area contributed by atoms with Crippen molar-refractivity contribution in [3.8, 4) is 29.1 Å². The van der Waals surface area contributed by atoms with Crippen LogP contribution in [0.4, 0.5) is 0 Å². The van der Waals surface area contributed by atoms with E-state index < -0.39 is 0 Å². The number of fused-ring (bicyclic) bond motifs is 1. The lowest BCUT2D eigenvalue weighted by molar-refractivity contribution is 0.0946. The minimum absolute atomic E-state index is 0.274. The van der Waals surface area contributed by atoms with Crippen molar-refractivity contribution in [2.45, 2.75) is 6.54 Å². The summed E-state index contributed by atoms with van der Waals surface area (Å²) >= 11 is 0. The molecule has 164 valence electrons. The number of rotatable bonds is 7. The molecule has 1 N–H and O–H groups in total. The predicted molar refractivity (Wildman–Crippen MR) is 124 cm³/mol. The van der Waals surface area contributed by atoms with Crippen molar-refractivity contribution in [2.24, 2.45) is 0 Å². The van der Waals surface area contributed by atoms with Crippen LogP contribution in [0.1, 0.15) is 21.6 Å². The third kappa shape index (κ3) is 4.86. The Morgan fingerprint density at radius 3 is 2.48 bits per heavy atom. The van der Waals surface area contributed by atoms with E-state index in [0.717, 1.165) is 10.9 Å². The van der Waals surface area contributed by atoms with Crippen LogP contribution in [0.15, 0.2) is 72.8 Å². The van der Waals surface area contributed by atoms with Crippen molar-refractivity contribution in [1.29, 1.82) is 5.26 Å². The normalized spacial score (nSPS) is 10.3. The van der Waals surface area contributed by atoms with Crippen LogP contribution in [0.25, 0.3) is 10.9 Å². The standard InChI is InChI=1S/C26H21N3O4/c1-31-24-5-3-4-19(25(24)32-2)16-28-26(30)23-12-8-18-14-21(11-13-22(18)29-23)33-20-9-6-17(15-27)7-10-20/h3-14H,16H2,1-2H3,(H,28,30). The number of pyridine rings is 1. The molecule has 33 heavy (non-hydrogen) atoms. The second kappa shape index (κ2) is 9.71. The van der Waals surface area contributed by atoms with Gasteiger partial charge in [-0.2, -0.15) is 5.26 Å². The van der Waals surface area contributed by atoms with Crippen LogP contribution >= 0.6 is 0 Å². The maximum atomic E-state index is 12.7. The minimum Gasteiger partial charge on any atom is -0.493 e. The van der Waals surface area contributed by atoms with E-state index >= 15 is 0 Å². The van der Waals surface area contributed by atoms with Gasteiger partial charge in [0.25, 0.3) is 5.91 Å². The van der Waals surface area contributed by atoms with Crippen LogP contribution < -0.4 is 19.5 Å². The number of nitrogens with zero attached hydrogens (tertiary/aromatic N) is 2. The highest BCUT2D eigenvalue weighted by Gasteiger charge is 2.13. The van der Waals surface area contributed by atoms with Crippen LogP contribution in [0, 0.1) is 11.3 Å². The highest BCUT2D eigenvalue weighted by Crippen LogP contribution is 2.30. The number of ether oxygens (including phenoxy) is 3. The Hall–Kier alpha value is -4.57. The average Bonchev–Trinajstić information content (AvgIpc) is 2.87. The van der Waals surface area contributed by atoms with Gasteiger partial charge in [-0.15, -0.1) is 0 Å². The van der Waals surface area contributed by atoms with Crippen molar-refractivity contribution in [1.82, 2.24) is 10.3 Å². The smallest absolute Gasteiger partial charge is 0.270 e. The molecule has 7 nitrogen and oxygen atoms in total. The molecular formula is C26H21N3O4. The average molecular weight is 439 g/mol. The minimum atomic E-state index is -0.292. The lowest BCUT2D eigenvalue weighted by Gasteiger charge is -2.13. The Kier molecular flexibility index (Phi) is 6.37. The quantitative estimate of drug-likeness (QED) is 0.443. The molecule has 0 aliphatic heterocycles. The lowest BCUT2D eigenvalue weighted by Crippen LogP contribution is -2.24. The SMILES string of the molecule is COc1cccc(CNC(=O)c2ccc3cc(Oc4ccc(C#N)cc4)ccc3n2)c1OC. The molecule has 3 aromatic carbocycles. The summed E-state index contributed by atoms with van der Waals surface area (Å²) in [6.07, 6.45) is 0. The number of hydrogen-bond donors (Lipinski definition) is 1. The second-order valence-corrected chi connectivity index (χ2v) is 7.12. The summed E-state index contributed by atoms with van der Waals surface area (Å²) in [5.41, 5.74) is 2.36. The van der Waals surface area contributed by atoms with Crippen LogP contribution in [-0.4, -0.2) is 25.1 Å². The Bertz CT molecular complexity index is 1340. The molecule has 0 atom stereocenters. The van der Waals surface area contributed by atoms with E-state index in [2.05, 4.69) is 16.4 Å². The number of para-hydroxylation sites is 1. The molecule has 1 amide bonds. The summed E-state index contributed by atoms with van der Waals surface area (Å²) in [6.45, 7) is 0.274. The molecule has 1 heterocycles. The number of nitriles is 1. The van der Waals surface area contributed by atoms with E-state index in [1.165, 1.54) is 0 Å². The number of benzene rings is 3. The summed E-state index contributed by atoms with van der Waals surface area (Å²) < 4.78 is 16.6. The van der Waals surface area contributed by atoms with E-state index in [-0.39, 0.29) is 12.5 Å². The predicted octanol–water partition coefficient (Wildman–Crippen LogP) is 4.85. The molecule has 1 aromatic heterocycles. The molecule has 4 aromatic rings. The lowest BCUT2D eigenvalue weighted by atomic mass is 10.1. The van der Waals surface area contributed by atoms with Gasteiger partial charge >= 0.3 is 0 Å². The summed E-state index contributed by atoms with van der Waals surface area (Å²) in [5, 5.41) is 12.6. The van der Waals surface area contributed by atoms with Gasteiger partial charge in [0.2, 0.25) is 0 Å². The van der Waals surface area contributed by atoms with Gasteiger partial charge < -0.3 is 19.5 Å². The molecule has 0 bridgehead atoms. The van der Waals surface area contributed by atoms with Gasteiger partial charge in [0.1, 0.15) is 17.2 Å². The number of nitrogens with one attached hydrogen (secondary N) is 1. The van der Waals surface area contributed by atoms with Crippen LogP contribution in [-0.2, 0) is 6.54 Å². The summed E-state index contributed by atoms with van der Waals surface area (Å²) in [6, 6.07) is 23.4. The zero-order valence-corrected chi connectivity index (χ0v) is 18.2. The van der Waals surface area contributed by atoms with Crippen molar-refractivity contribution in [2.75, 3.05) is 14.2 Å². The van der Waals surface area contributed by atoms with Gasteiger partial charge in [-0.3, -0.25) is 4.79 Å². The second-order valence-electron chi connectivity index (χ2n) is 7.12. The van der Waals surface area contributed by atoms with Gasteiger partial charge in [0.05, 0.1) is 31.4 Å². The fraction of sp³-hybridized carbons (Fsp3) is 0.115. The molecule has 7 heteroatoms. The first-order chi connectivity index (χ1) is 16.1. The molecule has 0 radical (unpaired) electrons. The Morgan fingerprint density at radius 2 is 1.76 bits per heavy atom. The number of methoxy groups -OCH3 is 2. The van der Waals surface area contributed by atoms with Gasteiger partial charge in [0, 0.05) is 17.5 Å². The number of hydrogen-bond acceptors (Lipinski definition) is 6. The largest absolute Gasteiger partial charge is 0.493 e. The zero-order chi connectivity index (χ0) is 23.2. The van der Waals surface area contributed by atoms with Crippen molar-refractivity contribution < 1.29 is 19.0 Å². The van der Waals surface area contributed by atoms with E-state index in [4.69, 9.17) is 19.5 Å². The van der Waals surface area contributed by atoms with E-state index in [0.29, 0.717) is 39.8 Å². The van der Waals surface area contributed by atoms with E-state index in [9.17, 15) is 4.79 Å². The fourth-order valence-corrected chi connectivity index (χ4v) is 3.39. The summed E-state index contributed by atoms with van der Waals surface area (Å²) in [7, 11) is 3.13. The Balaban J connectivity index is 1.47. The molecule has 0 saturated carbocycles. The van der Waals surface area contributed by atoms with Crippen LogP contribution in [0.3, 0.4) is 0 Å². The maximum absolute atomic E-state index is 12.7. The Morgan fingerprint density at radius 1 is 0.970 bits per heavy atom. The summed E-state index contributed by atoms with van der Waals surface area (Å²) in [4.78, 5) is 17.2. The number of carbonyl (C=O) groups excluding carboxylic acids is 1. The molecule has 0 unspecified atom stereocenters. The fourth-order valence-electron chi connectivity index (χ4n) is 3.39. The molecule has 0 spiro atoms. The molecule has 0 aliphatic carbocycles. The van der Waals surface area contributed by atoms with E-state index in [1.807, 2.05) is 24.3 Å². The number of aromatic nitrogens is 1. The molecule has 0 aliphatic rings. The molecule has 0 fully saturated rings. The number of amides is 1. The van der Waals surface area contributed by atoms with Crippen molar-refractivity contribution >= 4 is 16.8 Å². The molecule has 0 saturated heterocycles. The first-order valence-electron chi connectivity index (χ1n) is 10.2. The topological polar surface area (TPSA) is 93.5 Å². The third-order valence-corrected chi connectivity index (χ3v) is 5.04. The van der Waals surface area contributed by atoms with Crippen molar-refractivity contribution in [3.05, 3.63) is 89.6 Å².